The summed E-state index contributed by atoms with van der Waals surface area (Å²) in [4.78, 5) is 11.9. The minimum Gasteiger partial charge on any atom is -0.494 e. The highest BCUT2D eigenvalue weighted by Crippen LogP contribution is 2.24. The maximum atomic E-state index is 11.9. The van der Waals surface area contributed by atoms with Crippen molar-refractivity contribution >= 4 is 34.5 Å². The number of carbonyl (C=O) groups is 1. The van der Waals surface area contributed by atoms with Gasteiger partial charge in [0.15, 0.2) is 0 Å². The molecule has 0 aliphatic heterocycles. The van der Waals surface area contributed by atoms with E-state index in [1.165, 1.54) is 0 Å². The average molecular weight is 310 g/mol. The molecule has 1 heterocycles. The van der Waals surface area contributed by atoms with Crippen LogP contribution in [-0.4, -0.2) is 12.5 Å². The van der Waals surface area contributed by atoms with Gasteiger partial charge in [0, 0.05) is 11.3 Å². The van der Waals surface area contributed by atoms with Gasteiger partial charge in [0.2, 0.25) is 5.91 Å². The van der Waals surface area contributed by atoms with Crippen LogP contribution in [0.3, 0.4) is 0 Å². The zero-order chi connectivity index (χ0) is 14.4. The summed E-state index contributed by atoms with van der Waals surface area (Å²) in [6, 6.07) is 7.46. The third-order valence-electron chi connectivity index (χ3n) is 2.73. The molecule has 2 aromatic rings. The number of anilines is 1. The molecule has 0 unspecified atom stereocenters. The summed E-state index contributed by atoms with van der Waals surface area (Å²) < 4.78 is 5.48. The second-order valence-corrected chi connectivity index (χ2v) is 5.29. The number of thiophene rings is 1. The summed E-state index contributed by atoms with van der Waals surface area (Å²) in [6.45, 7) is 2.52. The van der Waals surface area contributed by atoms with E-state index in [9.17, 15) is 4.79 Å². The van der Waals surface area contributed by atoms with Crippen LogP contribution in [0.5, 0.6) is 5.75 Å². The van der Waals surface area contributed by atoms with E-state index in [-0.39, 0.29) is 5.91 Å². The SMILES string of the molecule is CCOc1ccc(NC(=O)Cc2ccsc2)cc1CCl. The molecule has 1 aromatic heterocycles. The Morgan fingerprint density at radius 2 is 2.25 bits per heavy atom. The smallest absolute Gasteiger partial charge is 0.228 e. The summed E-state index contributed by atoms with van der Waals surface area (Å²) in [5, 5.41) is 6.81. The Morgan fingerprint density at radius 1 is 1.40 bits per heavy atom. The molecule has 5 heteroatoms. The molecule has 0 bridgehead atoms. The Hall–Kier alpha value is -1.52. The maximum absolute atomic E-state index is 11.9. The highest BCUT2D eigenvalue weighted by Gasteiger charge is 2.08. The van der Waals surface area contributed by atoms with Crippen molar-refractivity contribution in [1.82, 2.24) is 0 Å². The van der Waals surface area contributed by atoms with Gasteiger partial charge in [-0.05, 0) is 47.5 Å². The summed E-state index contributed by atoms with van der Waals surface area (Å²) >= 11 is 7.49. The van der Waals surface area contributed by atoms with Gasteiger partial charge in [-0.1, -0.05) is 0 Å². The standard InChI is InChI=1S/C15H16ClNO2S/c1-2-19-14-4-3-13(8-12(14)9-16)17-15(18)7-11-5-6-20-10-11/h3-6,8,10H,2,7,9H2,1H3,(H,17,18). The number of benzene rings is 1. The Bertz CT molecular complexity index is 569. The third kappa shape index (κ3) is 3.99. The van der Waals surface area contributed by atoms with Gasteiger partial charge in [-0.25, -0.2) is 0 Å². The lowest BCUT2D eigenvalue weighted by atomic mass is 10.2. The first-order valence-electron chi connectivity index (χ1n) is 6.35. The highest BCUT2D eigenvalue weighted by molar-refractivity contribution is 7.08. The number of rotatable bonds is 6. The molecule has 0 radical (unpaired) electrons. The van der Waals surface area contributed by atoms with Gasteiger partial charge >= 0.3 is 0 Å². The first kappa shape index (κ1) is 14.9. The molecule has 1 amide bonds. The fraction of sp³-hybridized carbons (Fsp3) is 0.267. The molecule has 0 aliphatic rings. The summed E-state index contributed by atoms with van der Waals surface area (Å²) in [7, 11) is 0. The summed E-state index contributed by atoms with van der Waals surface area (Å²) in [5.41, 5.74) is 2.64. The number of amides is 1. The minimum absolute atomic E-state index is 0.0342. The number of hydrogen-bond donors (Lipinski definition) is 1. The lowest BCUT2D eigenvalue weighted by Gasteiger charge is -2.11. The number of nitrogens with one attached hydrogen (secondary N) is 1. The normalized spacial score (nSPS) is 10.3. The second-order valence-electron chi connectivity index (χ2n) is 4.25. The predicted octanol–water partition coefficient (Wildman–Crippen LogP) is 4.07. The Morgan fingerprint density at radius 3 is 2.90 bits per heavy atom. The van der Waals surface area contributed by atoms with Crippen LogP contribution in [0, 0.1) is 0 Å². The van der Waals surface area contributed by atoms with Crippen LogP contribution in [0.2, 0.25) is 0 Å². The molecule has 106 valence electrons. The number of hydrogen-bond acceptors (Lipinski definition) is 3. The average Bonchev–Trinajstić information content (AvgIpc) is 2.93. The Balaban J connectivity index is 2.03. The van der Waals surface area contributed by atoms with E-state index in [4.69, 9.17) is 16.3 Å². The number of carbonyl (C=O) groups excluding carboxylic acids is 1. The van der Waals surface area contributed by atoms with Crippen molar-refractivity contribution in [2.45, 2.75) is 19.2 Å². The second kappa shape index (κ2) is 7.31. The molecule has 0 atom stereocenters. The fourth-order valence-corrected chi connectivity index (χ4v) is 2.72. The van der Waals surface area contributed by atoms with Gasteiger partial charge in [0.25, 0.3) is 0 Å². The van der Waals surface area contributed by atoms with Crippen LogP contribution >= 0.6 is 22.9 Å². The van der Waals surface area contributed by atoms with Crippen LogP contribution in [-0.2, 0) is 17.1 Å². The van der Waals surface area contributed by atoms with E-state index in [2.05, 4.69) is 5.32 Å². The van der Waals surface area contributed by atoms with Crippen LogP contribution in [0.1, 0.15) is 18.1 Å². The Kier molecular flexibility index (Phi) is 5.44. The Labute approximate surface area is 127 Å². The molecule has 0 saturated heterocycles. The molecule has 1 N–H and O–H groups in total. The monoisotopic (exact) mass is 309 g/mol. The van der Waals surface area contributed by atoms with Crippen LogP contribution < -0.4 is 10.1 Å². The molecule has 0 fully saturated rings. The number of ether oxygens (including phenoxy) is 1. The topological polar surface area (TPSA) is 38.3 Å². The molecular formula is C15H16ClNO2S. The van der Waals surface area contributed by atoms with Crippen molar-refractivity contribution in [1.29, 1.82) is 0 Å². The quantitative estimate of drug-likeness (QED) is 0.817. The van der Waals surface area contributed by atoms with Crippen molar-refractivity contribution in [2.75, 3.05) is 11.9 Å². The molecule has 0 spiro atoms. The first-order valence-corrected chi connectivity index (χ1v) is 7.83. The van der Waals surface area contributed by atoms with E-state index in [1.54, 1.807) is 11.3 Å². The van der Waals surface area contributed by atoms with Crippen LogP contribution in [0.15, 0.2) is 35.0 Å². The van der Waals surface area contributed by atoms with Crippen molar-refractivity contribution in [2.24, 2.45) is 0 Å². The molecule has 0 saturated carbocycles. The molecule has 20 heavy (non-hydrogen) atoms. The van der Waals surface area contributed by atoms with Gasteiger partial charge in [0.1, 0.15) is 5.75 Å². The zero-order valence-electron chi connectivity index (χ0n) is 11.2. The van der Waals surface area contributed by atoms with Crippen LogP contribution in [0.25, 0.3) is 0 Å². The van der Waals surface area contributed by atoms with E-state index in [0.29, 0.717) is 18.9 Å². The molecular weight excluding hydrogens is 294 g/mol. The van der Waals surface area contributed by atoms with Crippen molar-refractivity contribution in [3.63, 3.8) is 0 Å². The van der Waals surface area contributed by atoms with E-state index < -0.39 is 0 Å². The number of alkyl halides is 1. The largest absolute Gasteiger partial charge is 0.494 e. The maximum Gasteiger partial charge on any atom is 0.228 e. The van der Waals surface area contributed by atoms with Crippen LogP contribution in [0.4, 0.5) is 5.69 Å². The predicted molar refractivity (Wildman–Crippen MR) is 83.8 cm³/mol. The fourth-order valence-electron chi connectivity index (χ4n) is 1.84. The molecule has 1 aromatic carbocycles. The summed E-state index contributed by atoms with van der Waals surface area (Å²) in [6.07, 6.45) is 0.382. The third-order valence-corrected chi connectivity index (χ3v) is 3.75. The van der Waals surface area contributed by atoms with Crippen molar-refractivity contribution in [3.8, 4) is 5.75 Å². The van der Waals surface area contributed by atoms with Gasteiger partial charge < -0.3 is 10.1 Å². The minimum atomic E-state index is -0.0342. The lowest BCUT2D eigenvalue weighted by Crippen LogP contribution is -2.14. The van der Waals surface area contributed by atoms with E-state index >= 15 is 0 Å². The molecule has 2 rings (SSSR count). The van der Waals surface area contributed by atoms with Crippen molar-refractivity contribution < 1.29 is 9.53 Å². The first-order chi connectivity index (χ1) is 9.72. The summed E-state index contributed by atoms with van der Waals surface area (Å²) in [5.74, 6) is 1.08. The van der Waals surface area contributed by atoms with E-state index in [0.717, 1.165) is 22.6 Å². The van der Waals surface area contributed by atoms with Gasteiger partial charge in [-0.3, -0.25) is 4.79 Å². The lowest BCUT2D eigenvalue weighted by molar-refractivity contribution is -0.115. The molecule has 0 aliphatic carbocycles. The molecule has 3 nitrogen and oxygen atoms in total. The van der Waals surface area contributed by atoms with Crippen molar-refractivity contribution in [3.05, 3.63) is 46.2 Å². The van der Waals surface area contributed by atoms with Gasteiger partial charge in [-0.2, -0.15) is 11.3 Å². The van der Waals surface area contributed by atoms with E-state index in [1.807, 2.05) is 41.9 Å². The zero-order valence-corrected chi connectivity index (χ0v) is 12.8. The van der Waals surface area contributed by atoms with Gasteiger partial charge in [-0.15, -0.1) is 11.6 Å². The highest BCUT2D eigenvalue weighted by atomic mass is 35.5. The van der Waals surface area contributed by atoms with Gasteiger partial charge in [0.05, 0.1) is 18.9 Å². The number of halogens is 1.